The highest BCUT2D eigenvalue weighted by atomic mass is 16.2. The summed E-state index contributed by atoms with van der Waals surface area (Å²) in [5.74, 6) is 0.286. The summed E-state index contributed by atoms with van der Waals surface area (Å²) >= 11 is 0. The van der Waals surface area contributed by atoms with Gasteiger partial charge in [0.05, 0.1) is 0 Å². The maximum Gasteiger partial charge on any atom is 0.263 e. The largest absolute Gasteiger partial charge is 0.326 e. The summed E-state index contributed by atoms with van der Waals surface area (Å²) < 4.78 is 1.59. The molecule has 0 aliphatic rings. The molecule has 6 heteroatoms. The van der Waals surface area contributed by atoms with Gasteiger partial charge in [-0.15, -0.1) is 0 Å². The molecular formula is C23H31N3O3. The van der Waals surface area contributed by atoms with Gasteiger partial charge >= 0.3 is 0 Å². The minimum Gasteiger partial charge on any atom is -0.326 e. The van der Waals surface area contributed by atoms with Gasteiger partial charge in [0.25, 0.3) is 11.5 Å². The van der Waals surface area contributed by atoms with Gasteiger partial charge in [0.15, 0.2) is 0 Å². The molecule has 2 rings (SSSR count). The highest BCUT2D eigenvalue weighted by Gasteiger charge is 2.16. The predicted molar refractivity (Wildman–Crippen MR) is 117 cm³/mol. The number of anilines is 2. The SMILES string of the molecule is Cc1ccn(CCC(C)C)c(=O)c1C(=O)Nc1ccc(NC(=O)CC(C)C)cc1. The van der Waals surface area contributed by atoms with Crippen LogP contribution in [0.5, 0.6) is 0 Å². The molecule has 0 unspecified atom stereocenters. The first-order valence-corrected chi connectivity index (χ1v) is 10.1. The van der Waals surface area contributed by atoms with E-state index in [9.17, 15) is 14.4 Å². The van der Waals surface area contributed by atoms with Crippen LogP contribution in [0.25, 0.3) is 0 Å². The molecule has 0 spiro atoms. The Morgan fingerprint density at radius 1 is 0.931 bits per heavy atom. The van der Waals surface area contributed by atoms with Gasteiger partial charge in [-0.3, -0.25) is 14.4 Å². The van der Waals surface area contributed by atoms with E-state index < -0.39 is 5.91 Å². The first-order chi connectivity index (χ1) is 13.7. The minimum absolute atomic E-state index is 0.0429. The Hall–Kier alpha value is -2.89. The van der Waals surface area contributed by atoms with E-state index in [2.05, 4.69) is 24.5 Å². The number of aryl methyl sites for hydroxylation is 2. The van der Waals surface area contributed by atoms with Crippen LogP contribution in [0.15, 0.2) is 41.3 Å². The summed E-state index contributed by atoms with van der Waals surface area (Å²) in [7, 11) is 0. The first kappa shape index (κ1) is 22.4. The maximum atomic E-state index is 12.8. The van der Waals surface area contributed by atoms with Crippen molar-refractivity contribution in [2.75, 3.05) is 10.6 Å². The van der Waals surface area contributed by atoms with Crippen molar-refractivity contribution in [1.82, 2.24) is 4.57 Å². The quantitative estimate of drug-likeness (QED) is 0.691. The van der Waals surface area contributed by atoms with E-state index in [1.165, 1.54) is 0 Å². The number of carbonyl (C=O) groups is 2. The second-order valence-corrected chi connectivity index (χ2v) is 8.23. The summed E-state index contributed by atoms with van der Waals surface area (Å²) in [5, 5.41) is 5.61. The fourth-order valence-corrected chi connectivity index (χ4v) is 2.93. The van der Waals surface area contributed by atoms with Crippen LogP contribution in [-0.4, -0.2) is 16.4 Å². The number of pyridine rings is 1. The van der Waals surface area contributed by atoms with Crippen LogP contribution < -0.4 is 16.2 Å². The molecular weight excluding hydrogens is 366 g/mol. The molecule has 2 N–H and O–H groups in total. The number of rotatable bonds is 8. The Balaban J connectivity index is 2.11. The third-order valence-corrected chi connectivity index (χ3v) is 4.57. The number of hydrogen-bond donors (Lipinski definition) is 2. The second kappa shape index (κ2) is 10.0. The number of nitrogens with one attached hydrogen (secondary N) is 2. The zero-order chi connectivity index (χ0) is 21.6. The number of benzene rings is 1. The van der Waals surface area contributed by atoms with Crippen LogP contribution in [0.1, 0.15) is 56.5 Å². The zero-order valence-corrected chi connectivity index (χ0v) is 17.9. The van der Waals surface area contributed by atoms with Crippen LogP contribution in [0.2, 0.25) is 0 Å². The zero-order valence-electron chi connectivity index (χ0n) is 17.9. The summed E-state index contributed by atoms with van der Waals surface area (Å²) in [4.78, 5) is 37.3. The normalized spacial score (nSPS) is 11.0. The smallest absolute Gasteiger partial charge is 0.263 e. The van der Waals surface area contributed by atoms with Crippen molar-refractivity contribution in [2.45, 2.75) is 54.0 Å². The van der Waals surface area contributed by atoms with Crippen molar-refractivity contribution in [3.8, 4) is 0 Å². The average Bonchev–Trinajstić information content (AvgIpc) is 2.62. The molecule has 1 aromatic heterocycles. The summed E-state index contributed by atoms with van der Waals surface area (Å²) in [6, 6.07) is 8.67. The average molecular weight is 398 g/mol. The molecule has 0 aliphatic heterocycles. The predicted octanol–water partition coefficient (Wildman–Crippen LogP) is 4.44. The van der Waals surface area contributed by atoms with Gasteiger partial charge < -0.3 is 15.2 Å². The fraction of sp³-hybridized carbons (Fsp3) is 0.435. The lowest BCUT2D eigenvalue weighted by molar-refractivity contribution is -0.116. The van der Waals surface area contributed by atoms with Gasteiger partial charge in [-0.2, -0.15) is 0 Å². The van der Waals surface area contributed by atoms with Gasteiger partial charge in [0, 0.05) is 30.5 Å². The molecule has 2 aromatic rings. The third kappa shape index (κ3) is 6.59. The lowest BCUT2D eigenvalue weighted by atomic mass is 10.1. The lowest BCUT2D eigenvalue weighted by Gasteiger charge is -2.13. The molecule has 0 saturated carbocycles. The Labute approximate surface area is 172 Å². The molecule has 2 amide bonds. The van der Waals surface area contributed by atoms with E-state index in [0.29, 0.717) is 35.8 Å². The Bertz CT molecular complexity index is 912. The van der Waals surface area contributed by atoms with E-state index in [1.807, 2.05) is 13.8 Å². The topological polar surface area (TPSA) is 80.2 Å². The molecule has 0 atom stereocenters. The van der Waals surface area contributed by atoms with Gasteiger partial charge in [-0.1, -0.05) is 27.7 Å². The van der Waals surface area contributed by atoms with Gasteiger partial charge in [-0.25, -0.2) is 0 Å². The van der Waals surface area contributed by atoms with Crippen molar-refractivity contribution in [3.05, 3.63) is 58.0 Å². The van der Waals surface area contributed by atoms with Crippen LogP contribution in [-0.2, 0) is 11.3 Å². The van der Waals surface area contributed by atoms with E-state index in [1.54, 1.807) is 48.0 Å². The van der Waals surface area contributed by atoms with Crippen molar-refractivity contribution in [1.29, 1.82) is 0 Å². The standard InChI is InChI=1S/C23H31N3O3/c1-15(2)10-12-26-13-11-17(5)21(23(26)29)22(28)25-19-8-6-18(7-9-19)24-20(27)14-16(3)4/h6-9,11,13,15-16H,10,12,14H2,1-5H3,(H,24,27)(H,25,28). The van der Waals surface area contributed by atoms with E-state index in [0.717, 1.165) is 6.42 Å². The summed E-state index contributed by atoms with van der Waals surface area (Å²) in [5.41, 5.74) is 1.76. The molecule has 1 aromatic carbocycles. The fourth-order valence-electron chi connectivity index (χ4n) is 2.93. The Morgan fingerprint density at radius 3 is 2.07 bits per heavy atom. The molecule has 0 aliphatic carbocycles. The lowest BCUT2D eigenvalue weighted by Crippen LogP contribution is -2.30. The van der Waals surface area contributed by atoms with Crippen LogP contribution in [0.3, 0.4) is 0 Å². The molecule has 6 nitrogen and oxygen atoms in total. The van der Waals surface area contributed by atoms with Crippen molar-refractivity contribution in [2.24, 2.45) is 11.8 Å². The van der Waals surface area contributed by atoms with E-state index >= 15 is 0 Å². The van der Waals surface area contributed by atoms with Crippen molar-refractivity contribution < 1.29 is 9.59 Å². The Morgan fingerprint density at radius 2 is 1.52 bits per heavy atom. The molecule has 156 valence electrons. The second-order valence-electron chi connectivity index (χ2n) is 8.23. The Kier molecular flexibility index (Phi) is 7.76. The first-order valence-electron chi connectivity index (χ1n) is 10.1. The minimum atomic E-state index is -0.428. The van der Waals surface area contributed by atoms with Crippen LogP contribution >= 0.6 is 0 Å². The number of carbonyl (C=O) groups excluding carboxylic acids is 2. The van der Waals surface area contributed by atoms with Crippen molar-refractivity contribution in [3.63, 3.8) is 0 Å². The highest BCUT2D eigenvalue weighted by molar-refractivity contribution is 6.05. The number of aromatic nitrogens is 1. The summed E-state index contributed by atoms with van der Waals surface area (Å²) in [6.45, 7) is 10.5. The van der Waals surface area contributed by atoms with Crippen LogP contribution in [0.4, 0.5) is 11.4 Å². The van der Waals surface area contributed by atoms with Gasteiger partial charge in [0.2, 0.25) is 5.91 Å². The molecule has 1 heterocycles. The maximum absolute atomic E-state index is 12.8. The molecule has 29 heavy (non-hydrogen) atoms. The number of hydrogen-bond acceptors (Lipinski definition) is 3. The van der Waals surface area contributed by atoms with Crippen molar-refractivity contribution >= 4 is 23.2 Å². The van der Waals surface area contributed by atoms with Gasteiger partial charge in [0.1, 0.15) is 5.56 Å². The van der Waals surface area contributed by atoms with Crippen LogP contribution in [0, 0.1) is 18.8 Å². The molecule has 0 saturated heterocycles. The molecule has 0 fully saturated rings. The molecule has 0 radical (unpaired) electrons. The summed E-state index contributed by atoms with van der Waals surface area (Å²) in [6.07, 6.45) is 3.06. The van der Waals surface area contributed by atoms with E-state index in [4.69, 9.17) is 0 Å². The monoisotopic (exact) mass is 397 g/mol. The van der Waals surface area contributed by atoms with E-state index in [-0.39, 0.29) is 22.9 Å². The number of amides is 2. The number of nitrogens with zero attached hydrogens (tertiary/aromatic N) is 1. The van der Waals surface area contributed by atoms with Gasteiger partial charge in [-0.05, 0) is 61.1 Å². The highest BCUT2D eigenvalue weighted by Crippen LogP contribution is 2.16. The molecule has 0 bridgehead atoms. The third-order valence-electron chi connectivity index (χ3n) is 4.57.